The van der Waals surface area contributed by atoms with E-state index in [1.54, 1.807) is 10.4 Å². The van der Waals surface area contributed by atoms with Crippen molar-refractivity contribution in [3.8, 4) is 0 Å². The zero-order valence-corrected chi connectivity index (χ0v) is 13.7. The quantitative estimate of drug-likeness (QED) is 0.904. The average molecular weight is 300 g/mol. The Morgan fingerprint density at radius 3 is 2.81 bits per heavy atom. The second kappa shape index (κ2) is 6.73. The zero-order valence-electron chi connectivity index (χ0n) is 12.9. The SMILES string of the molecule is CNC(CCN1CCc2sccc2C1)c1ccc(C)cc1. The molecular weight excluding hydrogens is 276 g/mol. The van der Waals surface area contributed by atoms with Gasteiger partial charge < -0.3 is 5.32 Å². The Morgan fingerprint density at radius 1 is 1.24 bits per heavy atom. The summed E-state index contributed by atoms with van der Waals surface area (Å²) in [6.07, 6.45) is 2.39. The van der Waals surface area contributed by atoms with Crippen molar-refractivity contribution in [3.63, 3.8) is 0 Å². The van der Waals surface area contributed by atoms with Crippen molar-refractivity contribution in [1.82, 2.24) is 10.2 Å². The molecule has 0 saturated heterocycles. The molecule has 0 spiro atoms. The molecule has 0 fully saturated rings. The van der Waals surface area contributed by atoms with E-state index >= 15 is 0 Å². The minimum absolute atomic E-state index is 0.453. The number of thiophene rings is 1. The van der Waals surface area contributed by atoms with Crippen LogP contribution in [0.1, 0.15) is 34.0 Å². The molecule has 1 N–H and O–H groups in total. The Kier molecular flexibility index (Phi) is 4.73. The molecule has 112 valence electrons. The van der Waals surface area contributed by atoms with Crippen LogP contribution in [0.25, 0.3) is 0 Å². The smallest absolute Gasteiger partial charge is 0.0329 e. The van der Waals surface area contributed by atoms with E-state index in [1.165, 1.54) is 30.5 Å². The third-order valence-electron chi connectivity index (χ3n) is 4.45. The lowest BCUT2D eigenvalue weighted by Crippen LogP contribution is -2.32. The molecule has 1 aromatic carbocycles. The van der Waals surface area contributed by atoms with Gasteiger partial charge in [0.1, 0.15) is 0 Å². The Labute approximate surface area is 131 Å². The van der Waals surface area contributed by atoms with Crippen LogP contribution in [0.15, 0.2) is 35.7 Å². The van der Waals surface area contributed by atoms with Gasteiger partial charge in [0.05, 0.1) is 0 Å². The van der Waals surface area contributed by atoms with Gasteiger partial charge in [-0.15, -0.1) is 11.3 Å². The van der Waals surface area contributed by atoms with Crippen LogP contribution >= 0.6 is 11.3 Å². The Hall–Kier alpha value is -1.16. The fourth-order valence-corrected chi connectivity index (χ4v) is 3.98. The summed E-state index contributed by atoms with van der Waals surface area (Å²) in [5.41, 5.74) is 4.27. The highest BCUT2D eigenvalue weighted by molar-refractivity contribution is 7.10. The van der Waals surface area contributed by atoms with Crippen molar-refractivity contribution in [2.24, 2.45) is 0 Å². The third-order valence-corrected chi connectivity index (χ3v) is 5.47. The molecule has 0 bridgehead atoms. The second-order valence-corrected chi connectivity index (χ2v) is 6.94. The van der Waals surface area contributed by atoms with Gasteiger partial charge in [-0.1, -0.05) is 29.8 Å². The molecule has 2 heterocycles. The lowest BCUT2D eigenvalue weighted by atomic mass is 10.0. The van der Waals surface area contributed by atoms with Gasteiger partial charge in [-0.3, -0.25) is 4.90 Å². The monoisotopic (exact) mass is 300 g/mol. The molecule has 0 radical (unpaired) electrons. The molecule has 1 unspecified atom stereocenters. The van der Waals surface area contributed by atoms with Gasteiger partial charge in [-0.25, -0.2) is 0 Å². The van der Waals surface area contributed by atoms with Crippen LogP contribution in [0.3, 0.4) is 0 Å². The van der Waals surface area contributed by atoms with E-state index in [0.717, 1.165) is 13.1 Å². The summed E-state index contributed by atoms with van der Waals surface area (Å²) < 4.78 is 0. The summed E-state index contributed by atoms with van der Waals surface area (Å²) in [7, 11) is 2.07. The van der Waals surface area contributed by atoms with Crippen LogP contribution in [0.5, 0.6) is 0 Å². The maximum Gasteiger partial charge on any atom is 0.0329 e. The summed E-state index contributed by atoms with van der Waals surface area (Å²) in [6.45, 7) is 5.64. The molecular formula is C18H24N2S. The fourth-order valence-electron chi connectivity index (χ4n) is 3.09. The first-order chi connectivity index (χ1) is 10.3. The van der Waals surface area contributed by atoms with Crippen molar-refractivity contribution in [2.75, 3.05) is 20.1 Å². The van der Waals surface area contributed by atoms with Crippen LogP contribution in [-0.2, 0) is 13.0 Å². The van der Waals surface area contributed by atoms with Crippen LogP contribution in [0.4, 0.5) is 0 Å². The molecule has 1 aliphatic heterocycles. The summed E-state index contributed by atoms with van der Waals surface area (Å²) in [5, 5.41) is 5.70. The first kappa shape index (κ1) is 14.8. The van der Waals surface area contributed by atoms with Gasteiger partial charge in [-0.2, -0.15) is 0 Å². The Bertz CT molecular complexity index is 573. The summed E-state index contributed by atoms with van der Waals surface area (Å²) >= 11 is 1.92. The summed E-state index contributed by atoms with van der Waals surface area (Å²) in [6, 6.07) is 11.7. The van der Waals surface area contributed by atoms with Crippen molar-refractivity contribution in [2.45, 2.75) is 32.4 Å². The standard InChI is InChI=1S/C18H24N2S/c1-14-3-5-15(6-4-14)17(19-2)7-10-20-11-8-18-16(13-20)9-12-21-18/h3-6,9,12,17,19H,7-8,10-11,13H2,1-2H3. The van der Waals surface area contributed by atoms with E-state index in [1.807, 2.05) is 11.3 Å². The molecule has 3 heteroatoms. The van der Waals surface area contributed by atoms with Crippen molar-refractivity contribution >= 4 is 11.3 Å². The normalized spacial score (nSPS) is 16.7. The topological polar surface area (TPSA) is 15.3 Å². The van der Waals surface area contributed by atoms with Gasteiger partial charge in [0.25, 0.3) is 0 Å². The van der Waals surface area contributed by atoms with Crippen molar-refractivity contribution in [3.05, 3.63) is 57.3 Å². The Balaban J connectivity index is 1.57. The number of nitrogens with one attached hydrogen (secondary N) is 1. The second-order valence-electron chi connectivity index (χ2n) is 5.94. The van der Waals surface area contributed by atoms with E-state index in [9.17, 15) is 0 Å². The van der Waals surface area contributed by atoms with Crippen molar-refractivity contribution in [1.29, 1.82) is 0 Å². The molecule has 1 aliphatic rings. The minimum atomic E-state index is 0.453. The molecule has 1 atom stereocenters. The predicted molar refractivity (Wildman–Crippen MR) is 90.9 cm³/mol. The number of fused-ring (bicyclic) bond motifs is 1. The van der Waals surface area contributed by atoms with Gasteiger partial charge in [-0.05, 0) is 49.4 Å². The number of rotatable bonds is 5. The predicted octanol–water partition coefficient (Wildman–Crippen LogP) is 3.77. The number of hydrogen-bond donors (Lipinski definition) is 1. The average Bonchev–Trinajstić information content (AvgIpc) is 2.97. The molecule has 0 aliphatic carbocycles. The molecule has 0 saturated carbocycles. The molecule has 2 nitrogen and oxygen atoms in total. The van der Waals surface area contributed by atoms with Crippen molar-refractivity contribution < 1.29 is 0 Å². The van der Waals surface area contributed by atoms with E-state index in [2.05, 4.69) is 59.9 Å². The molecule has 21 heavy (non-hydrogen) atoms. The van der Waals surface area contributed by atoms with E-state index in [0.29, 0.717) is 6.04 Å². The van der Waals surface area contributed by atoms with Crippen LogP contribution in [0, 0.1) is 6.92 Å². The molecule has 0 amide bonds. The summed E-state index contributed by atoms with van der Waals surface area (Å²) in [4.78, 5) is 4.18. The summed E-state index contributed by atoms with van der Waals surface area (Å²) in [5.74, 6) is 0. The van der Waals surface area contributed by atoms with Gasteiger partial charge in [0, 0.05) is 30.6 Å². The fraction of sp³-hybridized carbons (Fsp3) is 0.444. The van der Waals surface area contributed by atoms with Crippen LogP contribution in [-0.4, -0.2) is 25.0 Å². The number of benzene rings is 1. The van der Waals surface area contributed by atoms with Crippen LogP contribution in [0.2, 0.25) is 0 Å². The molecule has 3 rings (SSSR count). The van der Waals surface area contributed by atoms with E-state index < -0.39 is 0 Å². The maximum absolute atomic E-state index is 3.47. The zero-order chi connectivity index (χ0) is 14.7. The third kappa shape index (κ3) is 3.54. The lowest BCUT2D eigenvalue weighted by Gasteiger charge is -2.28. The highest BCUT2D eigenvalue weighted by Gasteiger charge is 2.18. The van der Waals surface area contributed by atoms with Gasteiger partial charge >= 0.3 is 0 Å². The van der Waals surface area contributed by atoms with Crippen LogP contribution < -0.4 is 5.32 Å². The van der Waals surface area contributed by atoms with Gasteiger partial charge in [0.15, 0.2) is 0 Å². The van der Waals surface area contributed by atoms with E-state index in [-0.39, 0.29) is 0 Å². The number of hydrogen-bond acceptors (Lipinski definition) is 3. The van der Waals surface area contributed by atoms with Gasteiger partial charge in [0.2, 0.25) is 0 Å². The number of aryl methyl sites for hydroxylation is 1. The minimum Gasteiger partial charge on any atom is -0.313 e. The number of nitrogens with zero attached hydrogens (tertiary/aromatic N) is 1. The highest BCUT2D eigenvalue weighted by Crippen LogP contribution is 2.25. The van der Waals surface area contributed by atoms with E-state index in [4.69, 9.17) is 0 Å². The first-order valence-corrected chi connectivity index (χ1v) is 8.65. The molecule has 2 aromatic rings. The Morgan fingerprint density at radius 2 is 2.05 bits per heavy atom. The largest absolute Gasteiger partial charge is 0.313 e. The molecule has 1 aromatic heterocycles. The lowest BCUT2D eigenvalue weighted by molar-refractivity contribution is 0.242. The maximum atomic E-state index is 3.47. The first-order valence-electron chi connectivity index (χ1n) is 7.77. The highest BCUT2D eigenvalue weighted by atomic mass is 32.1.